The van der Waals surface area contributed by atoms with Gasteiger partial charge in [0.15, 0.2) is 0 Å². The van der Waals surface area contributed by atoms with E-state index < -0.39 is 0 Å². The molecule has 106 valence electrons. The fourth-order valence-corrected chi connectivity index (χ4v) is 2.46. The van der Waals surface area contributed by atoms with Gasteiger partial charge in [0.25, 0.3) is 0 Å². The molecule has 0 aliphatic heterocycles. The first-order chi connectivity index (χ1) is 9.58. The van der Waals surface area contributed by atoms with Gasteiger partial charge in [-0.15, -0.1) is 0 Å². The first kappa shape index (κ1) is 14.7. The van der Waals surface area contributed by atoms with Crippen LogP contribution < -0.4 is 5.73 Å². The van der Waals surface area contributed by atoms with E-state index in [4.69, 9.17) is 5.73 Å². The zero-order valence-corrected chi connectivity index (χ0v) is 12.2. The molecular formula is C18H22FN. The second-order valence-corrected chi connectivity index (χ2v) is 5.56. The molecule has 0 bridgehead atoms. The van der Waals surface area contributed by atoms with Crippen molar-refractivity contribution in [3.63, 3.8) is 0 Å². The Kier molecular flexibility index (Phi) is 4.91. The normalized spacial score (nSPS) is 12.4. The smallest absolute Gasteiger partial charge is 0.123 e. The van der Waals surface area contributed by atoms with Gasteiger partial charge in [-0.3, -0.25) is 0 Å². The molecule has 20 heavy (non-hydrogen) atoms. The van der Waals surface area contributed by atoms with Crippen LogP contribution in [0.1, 0.15) is 22.3 Å². The molecule has 0 aromatic heterocycles. The topological polar surface area (TPSA) is 26.0 Å². The quantitative estimate of drug-likeness (QED) is 0.879. The Bertz CT molecular complexity index is 560. The second-order valence-electron chi connectivity index (χ2n) is 5.56. The highest BCUT2D eigenvalue weighted by Crippen LogP contribution is 2.17. The van der Waals surface area contributed by atoms with Gasteiger partial charge in [-0.2, -0.15) is 0 Å². The molecular weight excluding hydrogens is 249 g/mol. The maximum Gasteiger partial charge on any atom is 0.123 e. The lowest BCUT2D eigenvalue weighted by atomic mass is 9.91. The summed E-state index contributed by atoms with van der Waals surface area (Å²) in [4.78, 5) is 0. The molecule has 0 saturated heterocycles. The number of halogens is 1. The summed E-state index contributed by atoms with van der Waals surface area (Å²) in [5.74, 6) is 0.203. The molecule has 0 spiro atoms. The third-order valence-electron chi connectivity index (χ3n) is 3.87. The Balaban J connectivity index is 2.04. The standard InChI is InChI=1S/C18H22FN/c1-13-3-4-16(9-14(13)2)11-17(12-20)10-15-5-7-18(19)8-6-15/h3-9,17H,10-12,20H2,1-2H3. The van der Waals surface area contributed by atoms with Crippen molar-refractivity contribution in [2.75, 3.05) is 6.54 Å². The summed E-state index contributed by atoms with van der Waals surface area (Å²) < 4.78 is 12.9. The summed E-state index contributed by atoms with van der Waals surface area (Å²) in [5, 5.41) is 0. The van der Waals surface area contributed by atoms with E-state index in [2.05, 4.69) is 32.0 Å². The lowest BCUT2D eigenvalue weighted by Gasteiger charge is -2.16. The van der Waals surface area contributed by atoms with Gasteiger partial charge in [0.1, 0.15) is 5.82 Å². The van der Waals surface area contributed by atoms with Crippen LogP contribution in [0.2, 0.25) is 0 Å². The molecule has 2 heteroatoms. The zero-order chi connectivity index (χ0) is 14.5. The Morgan fingerprint density at radius 2 is 1.50 bits per heavy atom. The molecule has 0 fully saturated rings. The minimum atomic E-state index is -0.188. The van der Waals surface area contributed by atoms with Gasteiger partial charge in [0.05, 0.1) is 0 Å². The average Bonchev–Trinajstić information content (AvgIpc) is 2.44. The minimum absolute atomic E-state index is 0.188. The average molecular weight is 271 g/mol. The highest BCUT2D eigenvalue weighted by molar-refractivity contribution is 5.30. The molecule has 0 amide bonds. The lowest BCUT2D eigenvalue weighted by Crippen LogP contribution is -2.19. The zero-order valence-electron chi connectivity index (χ0n) is 12.2. The van der Waals surface area contributed by atoms with Crippen LogP contribution in [0.15, 0.2) is 42.5 Å². The Hall–Kier alpha value is -1.67. The van der Waals surface area contributed by atoms with Crippen molar-refractivity contribution in [2.24, 2.45) is 11.7 Å². The molecule has 0 aliphatic carbocycles. The summed E-state index contributed by atoms with van der Waals surface area (Å²) in [7, 11) is 0. The lowest BCUT2D eigenvalue weighted by molar-refractivity contribution is 0.532. The van der Waals surface area contributed by atoms with Crippen LogP contribution in [0, 0.1) is 25.6 Å². The van der Waals surface area contributed by atoms with Gasteiger partial charge in [-0.05, 0) is 73.5 Å². The Morgan fingerprint density at radius 3 is 2.10 bits per heavy atom. The van der Waals surface area contributed by atoms with Crippen molar-refractivity contribution in [1.29, 1.82) is 0 Å². The van der Waals surface area contributed by atoms with Crippen LogP contribution in [-0.2, 0) is 12.8 Å². The van der Waals surface area contributed by atoms with Crippen LogP contribution in [0.3, 0.4) is 0 Å². The third kappa shape index (κ3) is 3.91. The Morgan fingerprint density at radius 1 is 0.900 bits per heavy atom. The van der Waals surface area contributed by atoms with Crippen LogP contribution in [0.5, 0.6) is 0 Å². The second kappa shape index (κ2) is 6.67. The molecule has 2 rings (SSSR count). The monoisotopic (exact) mass is 271 g/mol. The van der Waals surface area contributed by atoms with E-state index in [1.807, 2.05) is 12.1 Å². The van der Waals surface area contributed by atoms with Crippen LogP contribution in [0.4, 0.5) is 4.39 Å². The number of benzene rings is 2. The number of hydrogen-bond donors (Lipinski definition) is 1. The van der Waals surface area contributed by atoms with Crippen molar-refractivity contribution >= 4 is 0 Å². The van der Waals surface area contributed by atoms with E-state index in [9.17, 15) is 4.39 Å². The fourth-order valence-electron chi connectivity index (χ4n) is 2.46. The number of hydrogen-bond acceptors (Lipinski definition) is 1. The van der Waals surface area contributed by atoms with Gasteiger partial charge in [-0.25, -0.2) is 4.39 Å². The predicted molar refractivity (Wildman–Crippen MR) is 82.3 cm³/mol. The van der Waals surface area contributed by atoms with E-state index in [1.165, 1.54) is 28.8 Å². The molecule has 2 aromatic rings. The third-order valence-corrected chi connectivity index (χ3v) is 3.87. The van der Waals surface area contributed by atoms with Crippen LogP contribution in [0.25, 0.3) is 0 Å². The minimum Gasteiger partial charge on any atom is -0.330 e. The maximum atomic E-state index is 12.9. The molecule has 2 N–H and O–H groups in total. The molecule has 1 nitrogen and oxygen atoms in total. The van der Waals surface area contributed by atoms with Gasteiger partial charge in [0.2, 0.25) is 0 Å². The Labute approximate surface area is 120 Å². The summed E-state index contributed by atoms with van der Waals surface area (Å²) in [6, 6.07) is 13.3. The first-order valence-electron chi connectivity index (χ1n) is 7.09. The maximum absolute atomic E-state index is 12.9. The molecule has 0 radical (unpaired) electrons. The number of nitrogens with two attached hydrogens (primary N) is 1. The van der Waals surface area contributed by atoms with Crippen LogP contribution in [-0.4, -0.2) is 6.54 Å². The molecule has 0 aliphatic rings. The summed E-state index contributed by atoms with van der Waals surface area (Å²) >= 11 is 0. The van der Waals surface area contributed by atoms with Crippen molar-refractivity contribution < 1.29 is 4.39 Å². The summed E-state index contributed by atoms with van der Waals surface area (Å²) in [6.45, 7) is 4.90. The molecule has 0 saturated carbocycles. The SMILES string of the molecule is Cc1ccc(CC(CN)Cc2ccc(F)cc2)cc1C. The molecule has 1 unspecified atom stereocenters. The number of rotatable bonds is 5. The van der Waals surface area contributed by atoms with Crippen molar-refractivity contribution in [2.45, 2.75) is 26.7 Å². The molecule has 0 heterocycles. The highest BCUT2D eigenvalue weighted by Gasteiger charge is 2.10. The van der Waals surface area contributed by atoms with Crippen molar-refractivity contribution in [3.05, 3.63) is 70.5 Å². The predicted octanol–water partition coefficient (Wildman–Crippen LogP) is 3.80. The van der Waals surface area contributed by atoms with E-state index in [0.717, 1.165) is 18.4 Å². The van der Waals surface area contributed by atoms with Gasteiger partial charge < -0.3 is 5.73 Å². The first-order valence-corrected chi connectivity index (χ1v) is 7.09. The fraction of sp³-hybridized carbons (Fsp3) is 0.333. The summed E-state index contributed by atoms with van der Waals surface area (Å²) in [5.41, 5.74) is 11.0. The van der Waals surface area contributed by atoms with Gasteiger partial charge >= 0.3 is 0 Å². The van der Waals surface area contributed by atoms with Gasteiger partial charge in [0, 0.05) is 0 Å². The van der Waals surface area contributed by atoms with E-state index in [-0.39, 0.29) is 5.82 Å². The van der Waals surface area contributed by atoms with E-state index in [1.54, 1.807) is 0 Å². The number of aryl methyl sites for hydroxylation is 2. The van der Waals surface area contributed by atoms with Crippen molar-refractivity contribution in [1.82, 2.24) is 0 Å². The molecule has 1 atom stereocenters. The molecule has 2 aromatic carbocycles. The van der Waals surface area contributed by atoms with Crippen LogP contribution >= 0.6 is 0 Å². The highest BCUT2D eigenvalue weighted by atomic mass is 19.1. The van der Waals surface area contributed by atoms with E-state index >= 15 is 0 Å². The van der Waals surface area contributed by atoms with E-state index in [0.29, 0.717) is 12.5 Å². The van der Waals surface area contributed by atoms with Crippen molar-refractivity contribution in [3.8, 4) is 0 Å². The largest absolute Gasteiger partial charge is 0.330 e. The summed E-state index contributed by atoms with van der Waals surface area (Å²) in [6.07, 6.45) is 1.86. The van der Waals surface area contributed by atoms with Gasteiger partial charge in [-0.1, -0.05) is 30.3 Å².